The predicted molar refractivity (Wildman–Crippen MR) is 81.4 cm³/mol. The maximum absolute atomic E-state index is 5.45. The number of nitrogens with one attached hydrogen (secondary N) is 1. The van der Waals surface area contributed by atoms with Gasteiger partial charge in [0.05, 0.1) is 11.7 Å². The highest BCUT2D eigenvalue weighted by Crippen LogP contribution is 2.27. The summed E-state index contributed by atoms with van der Waals surface area (Å²) >= 11 is 1.86. The van der Waals surface area contributed by atoms with Crippen molar-refractivity contribution in [3.05, 3.63) is 11.7 Å². The molecule has 19 heavy (non-hydrogen) atoms. The molecule has 5 heteroatoms. The second-order valence-electron chi connectivity index (χ2n) is 5.80. The standard InChI is InChI=1S/C14H27N3OS/c1-9(2)7-19-8-12-16-14(18-17-12)13(10(3)4)11(5)15-6/h9-11,13,15H,7-8H2,1-6H3. The minimum atomic E-state index is 0.265. The molecule has 4 nitrogen and oxygen atoms in total. The maximum Gasteiger partial charge on any atom is 0.231 e. The average Bonchev–Trinajstić information content (AvgIpc) is 2.76. The van der Waals surface area contributed by atoms with Crippen LogP contribution in [0.5, 0.6) is 0 Å². The lowest BCUT2D eigenvalue weighted by Crippen LogP contribution is -2.32. The molecule has 0 aliphatic heterocycles. The number of likely N-dealkylation sites (N-methyl/N-ethyl adjacent to an activating group) is 1. The summed E-state index contributed by atoms with van der Waals surface area (Å²) < 4.78 is 5.45. The van der Waals surface area contributed by atoms with Crippen LogP contribution < -0.4 is 5.32 Å². The Balaban J connectivity index is 2.65. The van der Waals surface area contributed by atoms with Crippen LogP contribution in [-0.4, -0.2) is 29.0 Å². The highest BCUT2D eigenvalue weighted by Gasteiger charge is 2.27. The molecule has 1 N–H and O–H groups in total. The first-order valence-corrected chi connectivity index (χ1v) is 8.18. The Bertz CT molecular complexity index is 365. The summed E-state index contributed by atoms with van der Waals surface area (Å²) in [6, 6.07) is 0.330. The summed E-state index contributed by atoms with van der Waals surface area (Å²) in [6.07, 6.45) is 0. The first kappa shape index (κ1) is 16.5. The molecule has 0 radical (unpaired) electrons. The molecule has 0 spiro atoms. The van der Waals surface area contributed by atoms with E-state index in [0.29, 0.717) is 17.9 Å². The third-order valence-electron chi connectivity index (χ3n) is 3.16. The van der Waals surface area contributed by atoms with Gasteiger partial charge in [0.1, 0.15) is 0 Å². The van der Waals surface area contributed by atoms with Gasteiger partial charge in [0.15, 0.2) is 5.82 Å². The molecular weight excluding hydrogens is 258 g/mol. The fourth-order valence-corrected chi connectivity index (χ4v) is 2.99. The molecule has 2 atom stereocenters. The first-order valence-electron chi connectivity index (χ1n) is 7.03. The van der Waals surface area contributed by atoms with Gasteiger partial charge < -0.3 is 9.84 Å². The van der Waals surface area contributed by atoms with Gasteiger partial charge in [0, 0.05) is 6.04 Å². The number of aromatic nitrogens is 2. The molecular formula is C14H27N3OS. The van der Waals surface area contributed by atoms with Crippen LogP contribution in [0.25, 0.3) is 0 Å². The Morgan fingerprint density at radius 1 is 1.21 bits per heavy atom. The number of hydrogen-bond acceptors (Lipinski definition) is 5. The van der Waals surface area contributed by atoms with E-state index in [-0.39, 0.29) is 5.92 Å². The lowest BCUT2D eigenvalue weighted by atomic mass is 9.89. The smallest absolute Gasteiger partial charge is 0.231 e. The Kier molecular flexibility index (Phi) is 6.86. The van der Waals surface area contributed by atoms with Gasteiger partial charge in [-0.3, -0.25) is 0 Å². The normalized spacial score (nSPS) is 15.2. The van der Waals surface area contributed by atoms with Crippen molar-refractivity contribution in [2.24, 2.45) is 11.8 Å². The average molecular weight is 285 g/mol. The number of hydrogen-bond donors (Lipinski definition) is 1. The van der Waals surface area contributed by atoms with Crippen molar-refractivity contribution in [1.82, 2.24) is 15.5 Å². The molecule has 0 aromatic carbocycles. The van der Waals surface area contributed by atoms with Gasteiger partial charge in [-0.15, -0.1) is 0 Å². The van der Waals surface area contributed by atoms with Gasteiger partial charge in [-0.1, -0.05) is 32.9 Å². The molecule has 1 heterocycles. The summed E-state index contributed by atoms with van der Waals surface area (Å²) in [5.41, 5.74) is 0. The second-order valence-corrected chi connectivity index (χ2v) is 6.84. The topological polar surface area (TPSA) is 51.0 Å². The Hall–Kier alpha value is -0.550. The highest BCUT2D eigenvalue weighted by molar-refractivity contribution is 7.98. The van der Waals surface area contributed by atoms with Crippen LogP contribution >= 0.6 is 11.8 Å². The van der Waals surface area contributed by atoms with E-state index >= 15 is 0 Å². The van der Waals surface area contributed by atoms with Gasteiger partial charge >= 0.3 is 0 Å². The van der Waals surface area contributed by atoms with Crippen molar-refractivity contribution in [2.75, 3.05) is 12.8 Å². The van der Waals surface area contributed by atoms with E-state index in [1.54, 1.807) is 0 Å². The van der Waals surface area contributed by atoms with Crippen LogP contribution in [0.1, 0.15) is 52.3 Å². The molecule has 110 valence electrons. The fourth-order valence-electron chi connectivity index (χ4n) is 2.10. The number of nitrogens with zero attached hydrogens (tertiary/aromatic N) is 2. The third-order valence-corrected chi connectivity index (χ3v) is 4.53. The first-order chi connectivity index (χ1) is 8.95. The molecule has 2 unspecified atom stereocenters. The number of thioether (sulfide) groups is 1. The minimum Gasteiger partial charge on any atom is -0.339 e. The molecule has 0 aliphatic carbocycles. The lowest BCUT2D eigenvalue weighted by Gasteiger charge is -2.23. The van der Waals surface area contributed by atoms with Crippen LogP contribution in [0.4, 0.5) is 0 Å². The summed E-state index contributed by atoms with van der Waals surface area (Å²) in [7, 11) is 1.97. The Morgan fingerprint density at radius 3 is 2.42 bits per heavy atom. The fraction of sp³-hybridized carbons (Fsp3) is 0.857. The SMILES string of the molecule is CNC(C)C(c1nc(CSCC(C)C)no1)C(C)C. The zero-order valence-electron chi connectivity index (χ0n) is 12.9. The monoisotopic (exact) mass is 285 g/mol. The lowest BCUT2D eigenvalue weighted by molar-refractivity contribution is 0.285. The minimum absolute atomic E-state index is 0.265. The van der Waals surface area contributed by atoms with Gasteiger partial charge in [-0.25, -0.2) is 0 Å². The molecule has 1 aromatic heterocycles. The van der Waals surface area contributed by atoms with E-state index in [1.807, 2.05) is 18.8 Å². The van der Waals surface area contributed by atoms with E-state index in [1.165, 1.54) is 0 Å². The van der Waals surface area contributed by atoms with Crippen LogP contribution in [0.2, 0.25) is 0 Å². The molecule has 0 fully saturated rings. The van der Waals surface area contributed by atoms with Crippen LogP contribution in [0.3, 0.4) is 0 Å². The predicted octanol–water partition coefficient (Wildman–Crippen LogP) is 3.31. The Morgan fingerprint density at radius 2 is 1.89 bits per heavy atom. The quantitative estimate of drug-likeness (QED) is 0.794. The number of rotatable bonds is 8. The molecule has 0 aliphatic rings. The van der Waals surface area contributed by atoms with Gasteiger partial charge in [-0.05, 0) is 31.6 Å². The van der Waals surface area contributed by atoms with Crippen molar-refractivity contribution in [3.63, 3.8) is 0 Å². The molecule has 1 rings (SSSR count). The summed E-state index contributed by atoms with van der Waals surface area (Å²) in [5, 5.41) is 7.38. The van der Waals surface area contributed by atoms with Crippen LogP contribution in [-0.2, 0) is 5.75 Å². The third kappa shape index (κ3) is 5.15. The molecule has 0 bridgehead atoms. The summed E-state index contributed by atoms with van der Waals surface area (Å²) in [6.45, 7) is 11.0. The van der Waals surface area contributed by atoms with E-state index in [0.717, 1.165) is 23.2 Å². The van der Waals surface area contributed by atoms with E-state index in [2.05, 4.69) is 50.1 Å². The molecule has 0 saturated carbocycles. The van der Waals surface area contributed by atoms with Crippen molar-refractivity contribution in [3.8, 4) is 0 Å². The summed E-state index contributed by atoms with van der Waals surface area (Å²) in [5.74, 6) is 4.97. The van der Waals surface area contributed by atoms with Crippen molar-refractivity contribution < 1.29 is 4.52 Å². The molecule has 0 amide bonds. The highest BCUT2D eigenvalue weighted by atomic mass is 32.2. The van der Waals surface area contributed by atoms with E-state index in [9.17, 15) is 0 Å². The van der Waals surface area contributed by atoms with Gasteiger partial charge in [-0.2, -0.15) is 16.7 Å². The zero-order chi connectivity index (χ0) is 14.4. The van der Waals surface area contributed by atoms with Crippen molar-refractivity contribution in [1.29, 1.82) is 0 Å². The Labute approximate surface area is 121 Å². The van der Waals surface area contributed by atoms with Gasteiger partial charge in [0.25, 0.3) is 0 Å². The molecule has 0 saturated heterocycles. The largest absolute Gasteiger partial charge is 0.339 e. The van der Waals surface area contributed by atoms with Crippen molar-refractivity contribution in [2.45, 2.75) is 52.3 Å². The maximum atomic E-state index is 5.45. The summed E-state index contributed by atoms with van der Waals surface area (Å²) in [4.78, 5) is 4.56. The zero-order valence-corrected chi connectivity index (χ0v) is 13.8. The van der Waals surface area contributed by atoms with Crippen LogP contribution in [0.15, 0.2) is 4.52 Å². The van der Waals surface area contributed by atoms with E-state index < -0.39 is 0 Å². The van der Waals surface area contributed by atoms with Gasteiger partial charge in [0.2, 0.25) is 5.89 Å². The second kappa shape index (κ2) is 7.90. The van der Waals surface area contributed by atoms with Crippen molar-refractivity contribution >= 4 is 11.8 Å². The molecule has 1 aromatic rings. The van der Waals surface area contributed by atoms with Crippen LogP contribution in [0, 0.1) is 11.8 Å². The van der Waals surface area contributed by atoms with E-state index in [4.69, 9.17) is 4.52 Å².